The van der Waals surface area contributed by atoms with Gasteiger partial charge < -0.3 is 4.90 Å². The molecule has 1 fully saturated rings. The Bertz CT molecular complexity index is 274. The van der Waals surface area contributed by atoms with Gasteiger partial charge in [-0.05, 0) is 18.6 Å². The van der Waals surface area contributed by atoms with E-state index in [4.69, 9.17) is 0 Å². The number of allylic oxidation sites excluding steroid dienone is 3. The van der Waals surface area contributed by atoms with Gasteiger partial charge in [-0.1, -0.05) is 18.7 Å². The number of hydrogen-bond acceptors (Lipinski definition) is 1. The molecule has 0 aliphatic carbocycles. The van der Waals surface area contributed by atoms with Gasteiger partial charge in [0.05, 0.1) is 0 Å². The Kier molecular flexibility index (Phi) is 2.48. The SMILES string of the molecule is C=C/C=C1/C(=O)N(C)C/C1=C/C. The highest BCUT2D eigenvalue weighted by Crippen LogP contribution is 2.21. The van der Waals surface area contributed by atoms with Crippen molar-refractivity contribution in [2.45, 2.75) is 6.92 Å². The van der Waals surface area contributed by atoms with E-state index in [0.29, 0.717) is 0 Å². The third-order valence-corrected chi connectivity index (χ3v) is 1.96. The first-order chi connectivity index (χ1) is 5.70. The Balaban J connectivity index is 3.04. The van der Waals surface area contributed by atoms with Crippen molar-refractivity contribution in [3.63, 3.8) is 0 Å². The molecule has 0 aromatic rings. The zero-order valence-corrected chi connectivity index (χ0v) is 7.50. The van der Waals surface area contributed by atoms with Crippen LogP contribution in [0, 0.1) is 0 Å². The number of hydrogen-bond donors (Lipinski definition) is 0. The fourth-order valence-corrected chi connectivity index (χ4v) is 1.30. The van der Waals surface area contributed by atoms with Gasteiger partial charge in [0.2, 0.25) is 0 Å². The van der Waals surface area contributed by atoms with E-state index >= 15 is 0 Å². The third-order valence-electron chi connectivity index (χ3n) is 1.96. The van der Waals surface area contributed by atoms with E-state index in [0.717, 1.165) is 17.7 Å². The fourth-order valence-electron chi connectivity index (χ4n) is 1.30. The first-order valence-electron chi connectivity index (χ1n) is 3.94. The highest BCUT2D eigenvalue weighted by atomic mass is 16.2. The van der Waals surface area contributed by atoms with E-state index in [1.165, 1.54) is 0 Å². The smallest absolute Gasteiger partial charge is 0.254 e. The second-order valence-electron chi connectivity index (χ2n) is 2.79. The van der Waals surface area contributed by atoms with Crippen LogP contribution >= 0.6 is 0 Å². The van der Waals surface area contributed by atoms with E-state index < -0.39 is 0 Å². The lowest BCUT2D eigenvalue weighted by molar-refractivity contribution is -0.123. The summed E-state index contributed by atoms with van der Waals surface area (Å²) < 4.78 is 0. The Hall–Kier alpha value is -1.31. The minimum Gasteiger partial charge on any atom is -0.337 e. The molecule has 64 valence electrons. The van der Waals surface area contributed by atoms with Crippen LogP contribution in [0.15, 0.2) is 36.0 Å². The van der Waals surface area contributed by atoms with Crippen molar-refractivity contribution in [2.24, 2.45) is 0 Å². The Morgan fingerprint density at radius 2 is 2.25 bits per heavy atom. The Morgan fingerprint density at radius 3 is 2.75 bits per heavy atom. The van der Waals surface area contributed by atoms with Crippen molar-refractivity contribution in [1.82, 2.24) is 4.90 Å². The number of nitrogens with zero attached hydrogens (tertiary/aromatic N) is 1. The molecule has 0 spiro atoms. The van der Waals surface area contributed by atoms with Crippen molar-refractivity contribution in [3.05, 3.63) is 36.0 Å². The van der Waals surface area contributed by atoms with Gasteiger partial charge in [0, 0.05) is 19.2 Å². The van der Waals surface area contributed by atoms with Gasteiger partial charge >= 0.3 is 0 Å². The van der Waals surface area contributed by atoms with E-state index in [-0.39, 0.29) is 5.91 Å². The monoisotopic (exact) mass is 163 g/mol. The van der Waals surface area contributed by atoms with Crippen LogP contribution < -0.4 is 0 Å². The maximum absolute atomic E-state index is 11.4. The minimum absolute atomic E-state index is 0.0861. The fraction of sp³-hybridized carbons (Fsp3) is 0.300. The molecule has 2 nitrogen and oxygen atoms in total. The molecule has 0 saturated carbocycles. The average molecular weight is 163 g/mol. The zero-order chi connectivity index (χ0) is 9.14. The quantitative estimate of drug-likeness (QED) is 0.537. The number of amides is 1. The van der Waals surface area contributed by atoms with Crippen molar-refractivity contribution in [2.75, 3.05) is 13.6 Å². The molecule has 0 radical (unpaired) electrons. The van der Waals surface area contributed by atoms with E-state index in [2.05, 4.69) is 6.58 Å². The van der Waals surface area contributed by atoms with Gasteiger partial charge in [0.1, 0.15) is 0 Å². The van der Waals surface area contributed by atoms with E-state index in [1.807, 2.05) is 13.0 Å². The Labute approximate surface area is 72.9 Å². The molecular formula is C10H13NO. The molecule has 0 N–H and O–H groups in total. The molecule has 0 aromatic heterocycles. The van der Waals surface area contributed by atoms with E-state index in [1.54, 1.807) is 24.1 Å². The van der Waals surface area contributed by atoms with Gasteiger partial charge in [0.25, 0.3) is 5.91 Å². The molecule has 12 heavy (non-hydrogen) atoms. The standard InChI is InChI=1S/C10H13NO/c1-4-6-9-8(5-2)7-11(3)10(9)12/h4-6H,1,7H2,2-3H3/b8-5-,9-6+. The molecule has 1 heterocycles. The number of likely N-dealkylation sites (tertiary alicyclic amines) is 1. The van der Waals surface area contributed by atoms with Gasteiger partial charge in [-0.15, -0.1) is 0 Å². The summed E-state index contributed by atoms with van der Waals surface area (Å²) in [6.07, 6.45) is 5.38. The molecule has 0 atom stereocenters. The van der Waals surface area contributed by atoms with Crippen LogP contribution in [0.4, 0.5) is 0 Å². The molecule has 1 saturated heterocycles. The molecule has 1 aliphatic heterocycles. The van der Waals surface area contributed by atoms with Crippen LogP contribution in [-0.4, -0.2) is 24.4 Å². The molecule has 1 rings (SSSR count). The van der Waals surface area contributed by atoms with Crippen LogP contribution in [0.5, 0.6) is 0 Å². The van der Waals surface area contributed by atoms with Gasteiger partial charge in [0.15, 0.2) is 0 Å². The number of likely N-dealkylation sites (N-methyl/N-ethyl adjacent to an activating group) is 1. The lowest BCUT2D eigenvalue weighted by atomic mass is 10.1. The summed E-state index contributed by atoms with van der Waals surface area (Å²) in [5, 5.41) is 0. The Morgan fingerprint density at radius 1 is 1.58 bits per heavy atom. The minimum atomic E-state index is 0.0861. The highest BCUT2D eigenvalue weighted by Gasteiger charge is 2.25. The lowest BCUT2D eigenvalue weighted by Gasteiger charge is -2.03. The summed E-state index contributed by atoms with van der Waals surface area (Å²) in [5.74, 6) is 0.0861. The maximum Gasteiger partial charge on any atom is 0.254 e. The predicted molar refractivity (Wildman–Crippen MR) is 49.7 cm³/mol. The largest absolute Gasteiger partial charge is 0.337 e. The van der Waals surface area contributed by atoms with Gasteiger partial charge in [-0.2, -0.15) is 0 Å². The first kappa shape index (κ1) is 8.78. The summed E-state index contributed by atoms with van der Waals surface area (Å²) in [4.78, 5) is 13.1. The van der Waals surface area contributed by atoms with Crippen molar-refractivity contribution >= 4 is 5.91 Å². The summed E-state index contributed by atoms with van der Waals surface area (Å²) in [5.41, 5.74) is 1.86. The van der Waals surface area contributed by atoms with Crippen LogP contribution in [-0.2, 0) is 4.79 Å². The molecule has 0 aromatic carbocycles. The highest BCUT2D eigenvalue weighted by molar-refractivity contribution is 6.01. The second kappa shape index (κ2) is 3.39. The summed E-state index contributed by atoms with van der Waals surface area (Å²) in [6.45, 7) is 6.24. The van der Waals surface area contributed by atoms with E-state index in [9.17, 15) is 4.79 Å². The van der Waals surface area contributed by atoms with Gasteiger partial charge in [-0.3, -0.25) is 4.79 Å². The number of carbonyl (C=O) groups excluding carboxylic acids is 1. The molecular weight excluding hydrogens is 150 g/mol. The molecule has 1 aliphatic rings. The topological polar surface area (TPSA) is 20.3 Å². The van der Waals surface area contributed by atoms with Crippen molar-refractivity contribution in [3.8, 4) is 0 Å². The maximum atomic E-state index is 11.4. The third kappa shape index (κ3) is 1.33. The predicted octanol–water partition coefficient (Wildman–Crippen LogP) is 1.52. The van der Waals surface area contributed by atoms with Crippen molar-refractivity contribution in [1.29, 1.82) is 0 Å². The molecule has 0 unspecified atom stereocenters. The molecule has 2 heteroatoms. The summed E-state index contributed by atoms with van der Waals surface area (Å²) in [7, 11) is 1.80. The first-order valence-corrected chi connectivity index (χ1v) is 3.94. The molecule has 0 bridgehead atoms. The number of rotatable bonds is 1. The zero-order valence-electron chi connectivity index (χ0n) is 7.50. The van der Waals surface area contributed by atoms with Crippen LogP contribution in [0.25, 0.3) is 0 Å². The summed E-state index contributed by atoms with van der Waals surface area (Å²) >= 11 is 0. The number of carbonyl (C=O) groups is 1. The molecule has 1 amide bonds. The van der Waals surface area contributed by atoms with Crippen LogP contribution in [0.1, 0.15) is 6.92 Å². The van der Waals surface area contributed by atoms with Crippen molar-refractivity contribution < 1.29 is 4.79 Å². The second-order valence-corrected chi connectivity index (χ2v) is 2.79. The van der Waals surface area contributed by atoms with Gasteiger partial charge in [-0.25, -0.2) is 0 Å². The van der Waals surface area contributed by atoms with Crippen LogP contribution in [0.3, 0.4) is 0 Å². The normalized spacial score (nSPS) is 24.2. The summed E-state index contributed by atoms with van der Waals surface area (Å²) in [6, 6.07) is 0. The lowest BCUT2D eigenvalue weighted by Crippen LogP contribution is -2.18. The van der Waals surface area contributed by atoms with Crippen LogP contribution in [0.2, 0.25) is 0 Å². The average Bonchev–Trinajstić information content (AvgIpc) is 2.33.